The standard InChI is InChI=1S/C8H11N3O4/c1-4(12)2-9-6(13)5-3-10-8(15)11-7(5)14/h3-4,12H,2H2,1H3,(H,9,13)(H2,10,11,14,15)/t4-/m1/s1. The Hall–Kier alpha value is -1.89. The van der Waals surface area contributed by atoms with Crippen LogP contribution in [0.3, 0.4) is 0 Å². The molecule has 1 rings (SSSR count). The monoisotopic (exact) mass is 213 g/mol. The van der Waals surface area contributed by atoms with Crippen LogP contribution in [0.1, 0.15) is 17.3 Å². The van der Waals surface area contributed by atoms with Gasteiger partial charge in [0.1, 0.15) is 5.56 Å². The van der Waals surface area contributed by atoms with E-state index in [0.717, 1.165) is 6.20 Å². The van der Waals surface area contributed by atoms with Gasteiger partial charge < -0.3 is 15.4 Å². The van der Waals surface area contributed by atoms with Crippen LogP contribution >= 0.6 is 0 Å². The van der Waals surface area contributed by atoms with Crippen LogP contribution in [0, 0.1) is 0 Å². The van der Waals surface area contributed by atoms with E-state index in [1.807, 2.05) is 4.98 Å². The number of aliphatic hydroxyl groups is 1. The highest BCUT2D eigenvalue weighted by atomic mass is 16.3. The summed E-state index contributed by atoms with van der Waals surface area (Å²) in [5, 5.41) is 11.2. The molecule has 0 aliphatic carbocycles. The summed E-state index contributed by atoms with van der Waals surface area (Å²) in [5.74, 6) is -0.645. The van der Waals surface area contributed by atoms with Crippen LogP contribution < -0.4 is 16.6 Å². The summed E-state index contributed by atoms with van der Waals surface area (Å²) in [6.45, 7) is 1.54. The van der Waals surface area contributed by atoms with Gasteiger partial charge in [-0.15, -0.1) is 0 Å². The molecule has 1 aromatic heterocycles. The lowest BCUT2D eigenvalue weighted by molar-refractivity contribution is 0.0922. The molecule has 1 aromatic rings. The maximum absolute atomic E-state index is 11.3. The zero-order valence-corrected chi connectivity index (χ0v) is 8.03. The highest BCUT2D eigenvalue weighted by Crippen LogP contribution is 1.85. The van der Waals surface area contributed by atoms with Gasteiger partial charge in [0.15, 0.2) is 0 Å². The molecule has 0 saturated carbocycles. The molecule has 7 heteroatoms. The van der Waals surface area contributed by atoms with Crippen LogP contribution in [0.15, 0.2) is 15.8 Å². The van der Waals surface area contributed by atoms with E-state index in [1.54, 1.807) is 0 Å². The van der Waals surface area contributed by atoms with Crippen molar-refractivity contribution >= 4 is 5.91 Å². The lowest BCUT2D eigenvalue weighted by atomic mass is 10.3. The molecule has 0 saturated heterocycles. The van der Waals surface area contributed by atoms with Crippen molar-refractivity contribution in [1.82, 2.24) is 15.3 Å². The Morgan fingerprint density at radius 3 is 2.80 bits per heavy atom. The minimum absolute atomic E-state index is 0.0391. The molecule has 1 amide bonds. The summed E-state index contributed by atoms with van der Waals surface area (Å²) in [6, 6.07) is 0. The lowest BCUT2D eigenvalue weighted by Crippen LogP contribution is -2.36. The Morgan fingerprint density at radius 2 is 2.27 bits per heavy atom. The van der Waals surface area contributed by atoms with Gasteiger partial charge in [0.2, 0.25) is 0 Å². The van der Waals surface area contributed by atoms with E-state index < -0.39 is 23.3 Å². The topological polar surface area (TPSA) is 115 Å². The molecule has 1 atom stereocenters. The van der Waals surface area contributed by atoms with Crippen LogP contribution in [-0.4, -0.2) is 33.6 Å². The van der Waals surface area contributed by atoms with Crippen molar-refractivity contribution in [2.45, 2.75) is 13.0 Å². The van der Waals surface area contributed by atoms with Crippen molar-refractivity contribution in [1.29, 1.82) is 0 Å². The average molecular weight is 213 g/mol. The number of aromatic nitrogens is 2. The Labute approximate surface area is 84.2 Å². The second-order valence-electron chi connectivity index (χ2n) is 3.04. The fourth-order valence-electron chi connectivity index (χ4n) is 0.914. The van der Waals surface area contributed by atoms with Crippen molar-refractivity contribution in [2.24, 2.45) is 0 Å². The molecule has 0 fully saturated rings. The summed E-state index contributed by atoms with van der Waals surface area (Å²) >= 11 is 0. The number of hydrogen-bond acceptors (Lipinski definition) is 4. The van der Waals surface area contributed by atoms with Gasteiger partial charge in [-0.1, -0.05) is 0 Å². The first-order valence-corrected chi connectivity index (χ1v) is 4.29. The van der Waals surface area contributed by atoms with Crippen LogP contribution in [-0.2, 0) is 0 Å². The third-order valence-electron chi connectivity index (χ3n) is 1.62. The predicted octanol–water partition coefficient (Wildman–Crippen LogP) is -1.83. The number of carbonyl (C=O) groups excluding carboxylic acids is 1. The molecule has 0 radical (unpaired) electrons. The van der Waals surface area contributed by atoms with Crippen molar-refractivity contribution in [2.75, 3.05) is 6.54 Å². The molecule has 4 N–H and O–H groups in total. The largest absolute Gasteiger partial charge is 0.392 e. The van der Waals surface area contributed by atoms with E-state index in [9.17, 15) is 14.4 Å². The van der Waals surface area contributed by atoms with Gasteiger partial charge in [-0.25, -0.2) is 4.79 Å². The van der Waals surface area contributed by atoms with E-state index >= 15 is 0 Å². The molecule has 7 nitrogen and oxygen atoms in total. The van der Waals surface area contributed by atoms with Gasteiger partial charge >= 0.3 is 5.69 Å². The molecule has 0 aromatic carbocycles. The molecule has 1 heterocycles. The number of hydrogen-bond donors (Lipinski definition) is 4. The van der Waals surface area contributed by atoms with Gasteiger partial charge in [0.25, 0.3) is 11.5 Å². The van der Waals surface area contributed by atoms with E-state index in [0.29, 0.717) is 0 Å². The zero-order valence-electron chi connectivity index (χ0n) is 8.03. The zero-order chi connectivity index (χ0) is 11.4. The van der Waals surface area contributed by atoms with E-state index in [1.165, 1.54) is 6.92 Å². The summed E-state index contributed by atoms with van der Waals surface area (Å²) in [6.07, 6.45) is 0.328. The van der Waals surface area contributed by atoms with Crippen LogP contribution in [0.4, 0.5) is 0 Å². The highest BCUT2D eigenvalue weighted by molar-refractivity contribution is 5.93. The maximum atomic E-state index is 11.3. The second kappa shape index (κ2) is 4.56. The minimum atomic E-state index is -0.762. The smallest absolute Gasteiger partial charge is 0.325 e. The van der Waals surface area contributed by atoms with Gasteiger partial charge in [-0.05, 0) is 6.92 Å². The number of rotatable bonds is 3. The molecule has 82 valence electrons. The number of aliphatic hydroxyl groups excluding tert-OH is 1. The van der Waals surface area contributed by atoms with Gasteiger partial charge in [0.05, 0.1) is 6.10 Å². The molecule has 0 aliphatic rings. The average Bonchev–Trinajstić information content (AvgIpc) is 2.14. The molecule has 0 unspecified atom stereocenters. The van der Waals surface area contributed by atoms with Crippen LogP contribution in [0.2, 0.25) is 0 Å². The molecular formula is C8H11N3O4. The molecule has 0 spiro atoms. The Kier molecular flexibility index (Phi) is 3.40. The quantitative estimate of drug-likeness (QED) is 0.473. The van der Waals surface area contributed by atoms with Crippen molar-refractivity contribution < 1.29 is 9.90 Å². The van der Waals surface area contributed by atoms with E-state index in [2.05, 4.69) is 10.3 Å². The SMILES string of the molecule is C[C@@H](O)CNC(=O)c1c[nH]c(=O)[nH]c1=O. The first kappa shape index (κ1) is 11.2. The molecule has 15 heavy (non-hydrogen) atoms. The fourth-order valence-corrected chi connectivity index (χ4v) is 0.914. The number of H-pyrrole nitrogens is 2. The normalized spacial score (nSPS) is 12.1. The predicted molar refractivity (Wildman–Crippen MR) is 51.7 cm³/mol. The number of nitrogens with one attached hydrogen (secondary N) is 3. The first-order valence-electron chi connectivity index (χ1n) is 4.29. The van der Waals surface area contributed by atoms with Gasteiger partial charge in [-0.2, -0.15) is 0 Å². The summed E-state index contributed by atoms with van der Waals surface area (Å²) in [4.78, 5) is 37.2. The van der Waals surface area contributed by atoms with E-state index in [4.69, 9.17) is 5.11 Å². The summed E-state index contributed by atoms with van der Waals surface area (Å²) in [5.41, 5.74) is -1.64. The molecular weight excluding hydrogens is 202 g/mol. The van der Waals surface area contributed by atoms with Gasteiger partial charge in [0, 0.05) is 12.7 Å². The Morgan fingerprint density at radius 1 is 1.60 bits per heavy atom. The Bertz CT molecular complexity index is 459. The number of carbonyl (C=O) groups is 1. The third kappa shape index (κ3) is 3.06. The van der Waals surface area contributed by atoms with Crippen molar-refractivity contribution in [3.63, 3.8) is 0 Å². The summed E-state index contributed by atoms with van der Waals surface area (Å²) < 4.78 is 0. The van der Waals surface area contributed by atoms with Gasteiger partial charge in [-0.3, -0.25) is 14.6 Å². The number of amides is 1. The van der Waals surface area contributed by atoms with Crippen molar-refractivity contribution in [3.05, 3.63) is 32.6 Å². The van der Waals surface area contributed by atoms with E-state index in [-0.39, 0.29) is 12.1 Å². The number of aromatic amines is 2. The lowest BCUT2D eigenvalue weighted by Gasteiger charge is -2.05. The Balaban J connectivity index is 2.83. The van der Waals surface area contributed by atoms with Crippen molar-refractivity contribution in [3.8, 4) is 0 Å². The molecule has 0 aliphatic heterocycles. The minimum Gasteiger partial charge on any atom is -0.392 e. The third-order valence-corrected chi connectivity index (χ3v) is 1.62. The summed E-state index contributed by atoms with van der Waals surface area (Å²) in [7, 11) is 0. The first-order chi connectivity index (χ1) is 7.00. The second-order valence-corrected chi connectivity index (χ2v) is 3.04. The van der Waals surface area contributed by atoms with Crippen LogP contribution in [0.5, 0.6) is 0 Å². The molecule has 0 bridgehead atoms. The fraction of sp³-hybridized carbons (Fsp3) is 0.375. The highest BCUT2D eigenvalue weighted by Gasteiger charge is 2.10. The van der Waals surface area contributed by atoms with Crippen LogP contribution in [0.25, 0.3) is 0 Å². The maximum Gasteiger partial charge on any atom is 0.325 e.